The Morgan fingerprint density at radius 1 is 1.16 bits per heavy atom. The molecule has 0 bridgehead atoms. The van der Waals surface area contributed by atoms with Gasteiger partial charge >= 0.3 is 0 Å². The third kappa shape index (κ3) is 5.69. The van der Waals surface area contributed by atoms with Gasteiger partial charge in [0.2, 0.25) is 5.96 Å². The lowest BCUT2D eigenvalue weighted by Crippen LogP contribution is -2.46. The largest absolute Gasteiger partial charge is 0.354 e. The van der Waals surface area contributed by atoms with Crippen LogP contribution in [0.15, 0.2) is 57.3 Å². The molecule has 130 valence electrons. The summed E-state index contributed by atoms with van der Waals surface area (Å²) in [5.41, 5.74) is 4.08. The van der Waals surface area contributed by atoms with E-state index in [2.05, 4.69) is 69.7 Å². The molecule has 0 fully saturated rings. The van der Waals surface area contributed by atoms with Crippen molar-refractivity contribution in [2.75, 3.05) is 13.1 Å². The van der Waals surface area contributed by atoms with Crippen LogP contribution in [-0.4, -0.2) is 24.8 Å². The van der Waals surface area contributed by atoms with Crippen LogP contribution in [0.2, 0.25) is 0 Å². The second-order valence-corrected chi connectivity index (χ2v) is 8.49. The van der Waals surface area contributed by atoms with Crippen molar-refractivity contribution in [3.63, 3.8) is 0 Å². The van der Waals surface area contributed by atoms with E-state index in [1.165, 1.54) is 9.75 Å². The summed E-state index contributed by atoms with van der Waals surface area (Å²) >= 11 is 3.41. The molecule has 3 heterocycles. The van der Waals surface area contributed by atoms with Crippen molar-refractivity contribution in [1.82, 2.24) is 10.7 Å². The van der Waals surface area contributed by atoms with E-state index in [1.807, 2.05) is 24.3 Å². The molecule has 0 saturated carbocycles. The van der Waals surface area contributed by atoms with Crippen LogP contribution in [-0.2, 0) is 0 Å². The number of hydrogen-bond donors (Lipinski definition) is 2. The summed E-state index contributed by atoms with van der Waals surface area (Å²) in [6.07, 6.45) is 8.17. The van der Waals surface area contributed by atoms with Gasteiger partial charge in [0, 0.05) is 28.3 Å². The van der Waals surface area contributed by atoms with Crippen LogP contribution >= 0.6 is 22.7 Å². The second kappa shape index (κ2) is 8.27. The molecule has 0 amide bonds. The normalized spacial score (nSPS) is 16.6. The van der Waals surface area contributed by atoms with Crippen LogP contribution in [0.25, 0.3) is 12.2 Å². The smallest absolute Gasteiger partial charge is 0.212 e. The lowest BCUT2D eigenvalue weighted by Gasteiger charge is -2.28. The zero-order chi connectivity index (χ0) is 17.5. The minimum Gasteiger partial charge on any atom is -0.354 e. The molecule has 2 aromatic rings. The Labute approximate surface area is 156 Å². The topological polar surface area (TPSA) is 48.8 Å². The molecular formula is C19H22N4S2. The monoisotopic (exact) mass is 370 g/mol. The van der Waals surface area contributed by atoms with Gasteiger partial charge in [0.25, 0.3) is 0 Å². The highest BCUT2D eigenvalue weighted by Gasteiger charge is 2.21. The summed E-state index contributed by atoms with van der Waals surface area (Å²) in [6, 6.07) is 8.26. The van der Waals surface area contributed by atoms with Gasteiger partial charge in [0.05, 0.1) is 5.71 Å². The van der Waals surface area contributed by atoms with Crippen LogP contribution in [0, 0.1) is 5.41 Å². The number of allylic oxidation sites excluding steroid dienone is 2. The van der Waals surface area contributed by atoms with E-state index in [0.717, 1.165) is 24.8 Å². The third-order valence-corrected chi connectivity index (χ3v) is 5.29. The van der Waals surface area contributed by atoms with E-state index < -0.39 is 0 Å². The van der Waals surface area contributed by atoms with E-state index in [4.69, 9.17) is 0 Å². The fourth-order valence-electron chi connectivity index (χ4n) is 2.16. The highest BCUT2D eigenvalue weighted by molar-refractivity contribution is 7.11. The third-order valence-electron chi connectivity index (χ3n) is 3.61. The number of thiophene rings is 2. The van der Waals surface area contributed by atoms with Crippen molar-refractivity contribution in [2.24, 2.45) is 15.5 Å². The van der Waals surface area contributed by atoms with Gasteiger partial charge in [0.1, 0.15) is 0 Å². The first-order chi connectivity index (χ1) is 12.1. The van der Waals surface area contributed by atoms with Gasteiger partial charge in [-0.15, -0.1) is 22.7 Å². The average molecular weight is 371 g/mol. The van der Waals surface area contributed by atoms with E-state index in [-0.39, 0.29) is 5.41 Å². The van der Waals surface area contributed by atoms with E-state index in [0.29, 0.717) is 0 Å². The minimum atomic E-state index is 0.190. The fraction of sp³-hybridized carbons (Fsp3) is 0.263. The van der Waals surface area contributed by atoms with Crippen molar-refractivity contribution >= 4 is 46.5 Å². The zero-order valence-corrected chi connectivity index (χ0v) is 16.0. The zero-order valence-electron chi connectivity index (χ0n) is 14.4. The molecule has 2 aromatic heterocycles. The summed E-state index contributed by atoms with van der Waals surface area (Å²) in [6.45, 7) is 6.08. The summed E-state index contributed by atoms with van der Waals surface area (Å²) in [5, 5.41) is 11.9. The Bertz CT molecular complexity index is 735. The van der Waals surface area contributed by atoms with Gasteiger partial charge in [-0.3, -0.25) is 4.99 Å². The Hall–Kier alpha value is -2.18. The van der Waals surface area contributed by atoms with E-state index in [9.17, 15) is 0 Å². The molecule has 0 spiro atoms. The first kappa shape index (κ1) is 17.6. The second-order valence-electron chi connectivity index (χ2n) is 6.53. The predicted molar refractivity (Wildman–Crippen MR) is 111 cm³/mol. The van der Waals surface area contributed by atoms with Gasteiger partial charge in [-0.2, -0.15) is 5.10 Å². The highest BCUT2D eigenvalue weighted by atomic mass is 32.1. The summed E-state index contributed by atoms with van der Waals surface area (Å²) in [7, 11) is 0. The molecule has 25 heavy (non-hydrogen) atoms. The maximum absolute atomic E-state index is 4.52. The van der Waals surface area contributed by atoms with Gasteiger partial charge in [-0.05, 0) is 47.2 Å². The van der Waals surface area contributed by atoms with Gasteiger partial charge in [-0.25, -0.2) is 5.43 Å². The van der Waals surface area contributed by atoms with Crippen molar-refractivity contribution in [2.45, 2.75) is 13.8 Å². The molecule has 1 aliphatic rings. The molecule has 0 aromatic carbocycles. The maximum Gasteiger partial charge on any atom is 0.212 e. The molecule has 0 unspecified atom stereocenters. The SMILES string of the molecule is CC1(C)CN=C(NN=C(/C=C/c2cccs2)/C=C/c2cccs2)NC1. The van der Waals surface area contributed by atoms with E-state index in [1.54, 1.807) is 22.7 Å². The van der Waals surface area contributed by atoms with E-state index >= 15 is 0 Å². The van der Waals surface area contributed by atoms with Crippen molar-refractivity contribution in [3.05, 3.63) is 56.9 Å². The number of hydrazone groups is 1. The lowest BCUT2D eigenvalue weighted by atomic mass is 9.93. The Morgan fingerprint density at radius 2 is 1.80 bits per heavy atom. The van der Waals surface area contributed by atoms with Crippen molar-refractivity contribution < 1.29 is 0 Å². The lowest BCUT2D eigenvalue weighted by molar-refractivity contribution is 0.358. The molecule has 4 nitrogen and oxygen atoms in total. The highest BCUT2D eigenvalue weighted by Crippen LogP contribution is 2.16. The van der Waals surface area contributed by atoms with Crippen LogP contribution in [0.4, 0.5) is 0 Å². The van der Waals surface area contributed by atoms with Gasteiger partial charge in [0.15, 0.2) is 0 Å². The number of nitrogens with one attached hydrogen (secondary N) is 2. The van der Waals surface area contributed by atoms with Crippen LogP contribution in [0.5, 0.6) is 0 Å². The van der Waals surface area contributed by atoms with Crippen molar-refractivity contribution in [3.8, 4) is 0 Å². The predicted octanol–water partition coefficient (Wildman–Crippen LogP) is 4.47. The fourth-order valence-corrected chi connectivity index (χ4v) is 3.39. The minimum absolute atomic E-state index is 0.190. The van der Waals surface area contributed by atoms with Crippen molar-refractivity contribution in [1.29, 1.82) is 0 Å². The molecule has 0 aliphatic carbocycles. The quantitative estimate of drug-likeness (QED) is 0.603. The Balaban J connectivity index is 1.72. The maximum atomic E-state index is 4.52. The standard InChI is InChI=1S/C19H22N4S2/c1-19(2)13-20-18(21-14-19)23-22-15(7-9-16-5-3-11-24-16)8-10-17-6-4-12-25-17/h3-12H,13-14H2,1-2H3,(H2,20,21,23)/b9-7+,10-8+. The summed E-state index contributed by atoms with van der Waals surface area (Å²) in [4.78, 5) is 6.92. The molecule has 6 heteroatoms. The first-order valence-corrected chi connectivity index (χ1v) is 9.92. The molecule has 0 atom stereocenters. The Kier molecular flexibility index (Phi) is 5.83. The Morgan fingerprint density at radius 3 is 2.28 bits per heavy atom. The molecular weight excluding hydrogens is 348 g/mol. The average Bonchev–Trinajstić information content (AvgIpc) is 3.28. The number of rotatable bonds is 5. The number of hydrogen-bond acceptors (Lipinski definition) is 6. The molecule has 0 radical (unpaired) electrons. The summed E-state index contributed by atoms with van der Waals surface area (Å²) < 4.78 is 0. The molecule has 0 saturated heterocycles. The molecule has 3 rings (SSSR count). The number of aliphatic imine (C=N–C) groups is 1. The van der Waals surface area contributed by atoms with Gasteiger partial charge < -0.3 is 5.32 Å². The number of guanidine groups is 1. The van der Waals surface area contributed by atoms with Gasteiger partial charge in [-0.1, -0.05) is 26.0 Å². The number of nitrogens with zero attached hydrogens (tertiary/aromatic N) is 2. The van der Waals surface area contributed by atoms with Crippen LogP contribution < -0.4 is 10.7 Å². The summed E-state index contributed by atoms with van der Waals surface area (Å²) in [5.74, 6) is 0.728. The molecule has 1 aliphatic heterocycles. The first-order valence-electron chi connectivity index (χ1n) is 8.16. The van der Waals surface area contributed by atoms with Crippen LogP contribution in [0.3, 0.4) is 0 Å². The van der Waals surface area contributed by atoms with Crippen LogP contribution in [0.1, 0.15) is 23.6 Å². The molecule has 2 N–H and O–H groups in total.